The summed E-state index contributed by atoms with van der Waals surface area (Å²) in [5.74, 6) is -2.12. The van der Waals surface area contributed by atoms with Crippen molar-refractivity contribution in [1.82, 2.24) is 10.3 Å². The van der Waals surface area contributed by atoms with Gasteiger partial charge in [0.1, 0.15) is 0 Å². The Morgan fingerprint density at radius 3 is 2.71 bits per heavy atom. The van der Waals surface area contributed by atoms with Gasteiger partial charge < -0.3 is 10.3 Å². The first-order valence-electron chi connectivity index (χ1n) is 6.43. The van der Waals surface area contributed by atoms with Crippen molar-refractivity contribution in [1.29, 1.82) is 0 Å². The molecule has 0 spiro atoms. The first kappa shape index (κ1) is 11.2. The van der Waals surface area contributed by atoms with E-state index in [9.17, 15) is 8.78 Å². The molecule has 0 amide bonds. The average Bonchev–Trinajstić information content (AvgIpc) is 2.72. The first-order valence-corrected chi connectivity index (χ1v) is 6.43. The van der Waals surface area contributed by atoms with E-state index in [1.807, 2.05) is 0 Å². The van der Waals surface area contributed by atoms with E-state index in [1.165, 1.54) is 17.0 Å². The number of fused-ring (bicyclic) bond motifs is 1. The lowest BCUT2D eigenvalue weighted by Crippen LogP contribution is -2.23. The summed E-state index contributed by atoms with van der Waals surface area (Å²) >= 11 is 0. The number of H-pyrrole nitrogens is 1. The van der Waals surface area contributed by atoms with Gasteiger partial charge >= 0.3 is 0 Å². The minimum atomic E-state index is -2.43. The van der Waals surface area contributed by atoms with Gasteiger partial charge in [-0.3, -0.25) is 0 Å². The monoisotopic (exact) mass is 240 g/mol. The molecule has 4 heteroatoms. The molecule has 2 N–H and O–H groups in total. The predicted molar refractivity (Wildman–Crippen MR) is 62.4 cm³/mol. The average molecular weight is 240 g/mol. The Morgan fingerprint density at radius 1 is 1.24 bits per heavy atom. The van der Waals surface area contributed by atoms with Crippen LogP contribution in [-0.4, -0.2) is 17.5 Å². The van der Waals surface area contributed by atoms with E-state index < -0.39 is 5.92 Å². The second-order valence-electron chi connectivity index (χ2n) is 5.29. The molecule has 2 aliphatic rings. The fourth-order valence-corrected chi connectivity index (χ4v) is 2.95. The van der Waals surface area contributed by atoms with Crippen molar-refractivity contribution >= 4 is 0 Å². The molecule has 3 rings (SSSR count). The van der Waals surface area contributed by atoms with Crippen molar-refractivity contribution in [2.45, 2.75) is 50.5 Å². The highest BCUT2D eigenvalue weighted by Gasteiger charge is 2.36. The third-order valence-corrected chi connectivity index (χ3v) is 4.04. The second-order valence-corrected chi connectivity index (χ2v) is 5.29. The Kier molecular flexibility index (Phi) is 2.69. The molecule has 2 nitrogen and oxygen atoms in total. The van der Waals surface area contributed by atoms with Crippen LogP contribution >= 0.6 is 0 Å². The van der Waals surface area contributed by atoms with Gasteiger partial charge in [-0.2, -0.15) is 0 Å². The van der Waals surface area contributed by atoms with Crippen LogP contribution in [0.25, 0.3) is 0 Å². The normalized spacial score (nSPS) is 24.6. The highest BCUT2D eigenvalue weighted by Crippen LogP contribution is 2.41. The Balaban J connectivity index is 1.74. The van der Waals surface area contributed by atoms with Gasteiger partial charge in [0, 0.05) is 43.7 Å². The van der Waals surface area contributed by atoms with Crippen LogP contribution in [0.2, 0.25) is 0 Å². The zero-order valence-corrected chi connectivity index (χ0v) is 9.86. The first-order chi connectivity index (χ1) is 8.14. The quantitative estimate of drug-likeness (QED) is 0.776. The van der Waals surface area contributed by atoms with Crippen molar-refractivity contribution in [2.75, 3.05) is 6.54 Å². The number of halogens is 2. The zero-order chi connectivity index (χ0) is 11.9. The highest BCUT2D eigenvalue weighted by atomic mass is 19.3. The summed E-state index contributed by atoms with van der Waals surface area (Å²) in [6, 6.07) is 2.18. The maximum atomic E-state index is 13.1. The van der Waals surface area contributed by atoms with Gasteiger partial charge in [-0.1, -0.05) is 0 Å². The van der Waals surface area contributed by atoms with Crippen molar-refractivity contribution in [2.24, 2.45) is 0 Å². The summed E-state index contributed by atoms with van der Waals surface area (Å²) in [4.78, 5) is 3.45. The van der Waals surface area contributed by atoms with Crippen LogP contribution in [0.15, 0.2) is 6.07 Å². The topological polar surface area (TPSA) is 27.8 Å². The largest absolute Gasteiger partial charge is 0.362 e. The van der Waals surface area contributed by atoms with E-state index >= 15 is 0 Å². The van der Waals surface area contributed by atoms with Crippen LogP contribution in [0.1, 0.15) is 48.6 Å². The van der Waals surface area contributed by atoms with Crippen molar-refractivity contribution < 1.29 is 8.78 Å². The standard InChI is InChI=1S/C13H18F2N2/c14-13(15)4-1-9(2-5-13)12-7-10-8-16-6-3-11(10)17-12/h7,9,16-17H,1-6,8H2. The maximum Gasteiger partial charge on any atom is 0.248 e. The molecule has 0 saturated heterocycles. The fraction of sp³-hybridized carbons (Fsp3) is 0.692. The lowest BCUT2D eigenvalue weighted by Gasteiger charge is -2.27. The molecule has 94 valence electrons. The van der Waals surface area contributed by atoms with Crippen LogP contribution in [0.5, 0.6) is 0 Å². The molecule has 1 aromatic heterocycles. The molecule has 0 radical (unpaired) electrons. The predicted octanol–water partition coefficient (Wildman–Crippen LogP) is 2.95. The minimum Gasteiger partial charge on any atom is -0.362 e. The maximum absolute atomic E-state index is 13.1. The van der Waals surface area contributed by atoms with Gasteiger partial charge in [0.25, 0.3) is 0 Å². The lowest BCUT2D eigenvalue weighted by atomic mass is 9.85. The summed E-state index contributed by atoms with van der Waals surface area (Å²) in [5.41, 5.74) is 3.80. The Labute approximate surface area is 99.8 Å². The van der Waals surface area contributed by atoms with Crippen LogP contribution in [0, 0.1) is 0 Å². The molecular weight excluding hydrogens is 222 g/mol. The number of hydrogen-bond donors (Lipinski definition) is 2. The number of nitrogens with one attached hydrogen (secondary N) is 2. The molecule has 0 aromatic carbocycles. The van der Waals surface area contributed by atoms with Gasteiger partial charge in [0.2, 0.25) is 5.92 Å². The van der Waals surface area contributed by atoms with E-state index in [0.717, 1.165) is 19.5 Å². The van der Waals surface area contributed by atoms with Gasteiger partial charge in [0.05, 0.1) is 0 Å². The van der Waals surface area contributed by atoms with Gasteiger partial charge in [-0.25, -0.2) is 8.78 Å². The molecule has 1 aliphatic carbocycles. The van der Waals surface area contributed by atoms with Gasteiger partial charge in [-0.15, -0.1) is 0 Å². The minimum absolute atomic E-state index is 0.0413. The Bertz CT molecular complexity index is 378. The van der Waals surface area contributed by atoms with E-state index in [0.29, 0.717) is 18.8 Å². The summed E-state index contributed by atoms with van der Waals surface area (Å²) in [5, 5.41) is 3.33. The molecule has 17 heavy (non-hydrogen) atoms. The third-order valence-electron chi connectivity index (χ3n) is 4.04. The van der Waals surface area contributed by atoms with Crippen molar-refractivity contribution in [3.05, 3.63) is 23.0 Å². The van der Waals surface area contributed by atoms with Gasteiger partial charge in [-0.05, 0) is 30.4 Å². The molecule has 0 atom stereocenters. The van der Waals surface area contributed by atoms with E-state index in [1.54, 1.807) is 0 Å². The summed E-state index contributed by atoms with van der Waals surface area (Å²) < 4.78 is 26.2. The van der Waals surface area contributed by atoms with E-state index in [4.69, 9.17) is 0 Å². The second kappa shape index (κ2) is 4.09. The van der Waals surface area contributed by atoms with Crippen LogP contribution in [0.3, 0.4) is 0 Å². The number of rotatable bonds is 1. The third kappa shape index (κ3) is 2.23. The fourth-order valence-electron chi connectivity index (χ4n) is 2.95. The van der Waals surface area contributed by atoms with Crippen LogP contribution < -0.4 is 5.32 Å². The lowest BCUT2D eigenvalue weighted by molar-refractivity contribution is -0.0384. The van der Waals surface area contributed by atoms with E-state index in [-0.39, 0.29) is 12.8 Å². The summed E-state index contributed by atoms with van der Waals surface area (Å²) in [6.45, 7) is 1.92. The number of aromatic amines is 1. The molecule has 1 fully saturated rings. The molecule has 0 bridgehead atoms. The smallest absolute Gasteiger partial charge is 0.248 e. The molecule has 2 heterocycles. The SMILES string of the molecule is FC1(F)CCC(c2cc3c([nH]2)CCNC3)CC1. The Hall–Kier alpha value is -0.900. The highest BCUT2D eigenvalue weighted by molar-refractivity contribution is 5.30. The van der Waals surface area contributed by atoms with Gasteiger partial charge in [0.15, 0.2) is 0 Å². The van der Waals surface area contributed by atoms with Crippen molar-refractivity contribution in [3.63, 3.8) is 0 Å². The van der Waals surface area contributed by atoms with E-state index in [2.05, 4.69) is 16.4 Å². The van der Waals surface area contributed by atoms with Crippen LogP contribution in [0.4, 0.5) is 8.78 Å². The molecular formula is C13H18F2N2. The molecule has 1 aliphatic heterocycles. The number of aromatic nitrogens is 1. The molecule has 1 aromatic rings. The Morgan fingerprint density at radius 2 is 2.00 bits per heavy atom. The summed E-state index contributed by atoms with van der Waals surface area (Å²) in [6.07, 6.45) is 2.33. The number of hydrogen-bond acceptors (Lipinski definition) is 1. The van der Waals surface area contributed by atoms with Crippen molar-refractivity contribution in [3.8, 4) is 0 Å². The zero-order valence-electron chi connectivity index (χ0n) is 9.86. The van der Waals surface area contributed by atoms with Crippen LogP contribution in [-0.2, 0) is 13.0 Å². The summed E-state index contributed by atoms with van der Waals surface area (Å²) in [7, 11) is 0. The molecule has 0 unspecified atom stereocenters. The molecule has 1 saturated carbocycles. The number of alkyl halides is 2.